The molecule has 2 rings (SSSR count). The van der Waals surface area contributed by atoms with Crippen LogP contribution in [0.2, 0.25) is 0 Å². The van der Waals surface area contributed by atoms with Crippen LogP contribution in [0.1, 0.15) is 22.8 Å². The van der Waals surface area contributed by atoms with E-state index in [9.17, 15) is 4.79 Å². The first-order chi connectivity index (χ1) is 10.1. The molecule has 0 unspecified atom stereocenters. The van der Waals surface area contributed by atoms with Crippen LogP contribution >= 0.6 is 0 Å². The number of anilines is 3. The first-order valence-corrected chi connectivity index (χ1v) is 6.76. The van der Waals surface area contributed by atoms with Crippen molar-refractivity contribution in [1.29, 1.82) is 0 Å². The van der Waals surface area contributed by atoms with Gasteiger partial charge in [-0.05, 0) is 31.5 Å². The van der Waals surface area contributed by atoms with Gasteiger partial charge in [-0.25, -0.2) is 9.78 Å². The van der Waals surface area contributed by atoms with E-state index in [1.54, 1.807) is 12.3 Å². The summed E-state index contributed by atoms with van der Waals surface area (Å²) in [6.45, 7) is 4.73. The second kappa shape index (κ2) is 6.26. The third-order valence-electron chi connectivity index (χ3n) is 3.35. The summed E-state index contributed by atoms with van der Waals surface area (Å²) in [5.74, 6) is 0.103. The highest BCUT2D eigenvalue weighted by Gasteiger charge is 2.19. The van der Waals surface area contributed by atoms with Crippen molar-refractivity contribution in [2.75, 3.05) is 24.3 Å². The van der Waals surface area contributed by atoms with Gasteiger partial charge in [-0.15, -0.1) is 0 Å². The number of benzene rings is 1. The molecule has 0 bridgehead atoms. The van der Waals surface area contributed by atoms with Gasteiger partial charge in [0.2, 0.25) is 0 Å². The molecule has 0 saturated carbocycles. The number of hydrogen-bond acceptors (Lipinski definition) is 5. The summed E-state index contributed by atoms with van der Waals surface area (Å²) in [5.41, 5.74) is 8.91. The van der Waals surface area contributed by atoms with Crippen LogP contribution in [-0.4, -0.2) is 24.6 Å². The number of esters is 1. The first kappa shape index (κ1) is 14.8. The topological polar surface area (TPSA) is 68.5 Å². The average Bonchev–Trinajstić information content (AvgIpc) is 2.50. The lowest BCUT2D eigenvalue weighted by Gasteiger charge is -2.25. The number of methoxy groups -OCH3 is 1. The number of pyridine rings is 1. The lowest BCUT2D eigenvalue weighted by atomic mass is 10.1. The van der Waals surface area contributed by atoms with Crippen molar-refractivity contribution in [3.63, 3.8) is 0 Å². The quantitative estimate of drug-likeness (QED) is 0.875. The SMILES string of the molecule is CCN(c1ccccc1C)c1nccc(C(=O)OC)c1N. The minimum absolute atomic E-state index is 0.328. The van der Waals surface area contributed by atoms with E-state index in [1.807, 2.05) is 43.0 Å². The van der Waals surface area contributed by atoms with Gasteiger partial charge in [-0.3, -0.25) is 0 Å². The lowest BCUT2D eigenvalue weighted by molar-refractivity contribution is 0.0602. The van der Waals surface area contributed by atoms with Crippen LogP contribution in [0.3, 0.4) is 0 Å². The third-order valence-corrected chi connectivity index (χ3v) is 3.35. The number of rotatable bonds is 4. The highest BCUT2D eigenvalue weighted by atomic mass is 16.5. The zero-order valence-corrected chi connectivity index (χ0v) is 12.5. The fraction of sp³-hybridized carbons (Fsp3) is 0.250. The first-order valence-electron chi connectivity index (χ1n) is 6.76. The van der Waals surface area contributed by atoms with Crippen molar-refractivity contribution in [3.8, 4) is 0 Å². The van der Waals surface area contributed by atoms with E-state index in [4.69, 9.17) is 10.5 Å². The molecule has 1 aromatic carbocycles. The Balaban J connectivity index is 2.54. The summed E-state index contributed by atoms with van der Waals surface area (Å²) < 4.78 is 4.75. The maximum atomic E-state index is 11.8. The Hall–Kier alpha value is -2.56. The van der Waals surface area contributed by atoms with Crippen LogP contribution in [0.25, 0.3) is 0 Å². The van der Waals surface area contributed by atoms with Gasteiger partial charge in [0, 0.05) is 18.4 Å². The summed E-state index contributed by atoms with van der Waals surface area (Å²) >= 11 is 0. The predicted octanol–water partition coefficient (Wildman–Crippen LogP) is 2.92. The largest absolute Gasteiger partial charge is 0.465 e. The van der Waals surface area contributed by atoms with E-state index < -0.39 is 5.97 Å². The molecule has 0 radical (unpaired) electrons. The number of carbonyl (C=O) groups is 1. The van der Waals surface area contributed by atoms with E-state index in [1.165, 1.54) is 7.11 Å². The van der Waals surface area contributed by atoms with E-state index >= 15 is 0 Å². The Morgan fingerprint density at radius 1 is 1.33 bits per heavy atom. The second-order valence-electron chi connectivity index (χ2n) is 4.62. The molecular formula is C16H19N3O2. The number of nitrogen functional groups attached to an aromatic ring is 1. The number of nitrogens with zero attached hydrogens (tertiary/aromatic N) is 2. The molecule has 5 heteroatoms. The maximum Gasteiger partial charge on any atom is 0.340 e. The third kappa shape index (κ3) is 2.81. The summed E-state index contributed by atoms with van der Waals surface area (Å²) in [6.07, 6.45) is 1.57. The van der Waals surface area contributed by atoms with Crippen molar-refractivity contribution >= 4 is 23.2 Å². The maximum absolute atomic E-state index is 11.8. The smallest absolute Gasteiger partial charge is 0.340 e. The van der Waals surface area contributed by atoms with Crippen LogP contribution in [0, 0.1) is 6.92 Å². The number of aryl methyl sites for hydroxylation is 1. The molecule has 2 aromatic rings. The Morgan fingerprint density at radius 2 is 2.05 bits per heavy atom. The van der Waals surface area contributed by atoms with Gasteiger partial charge < -0.3 is 15.4 Å². The molecule has 5 nitrogen and oxygen atoms in total. The molecule has 0 aliphatic carbocycles. The van der Waals surface area contributed by atoms with Gasteiger partial charge in [-0.1, -0.05) is 18.2 Å². The number of carbonyl (C=O) groups excluding carboxylic acids is 1. The fourth-order valence-electron chi connectivity index (χ4n) is 2.27. The summed E-state index contributed by atoms with van der Waals surface area (Å²) in [5, 5.41) is 0. The van der Waals surface area contributed by atoms with Gasteiger partial charge in [0.25, 0.3) is 0 Å². The molecule has 0 saturated heterocycles. The number of nitrogens with two attached hydrogens (primary N) is 1. The zero-order valence-electron chi connectivity index (χ0n) is 12.5. The molecule has 0 fully saturated rings. The number of aromatic nitrogens is 1. The van der Waals surface area contributed by atoms with Crippen LogP contribution in [0.4, 0.5) is 17.2 Å². The predicted molar refractivity (Wildman–Crippen MR) is 83.8 cm³/mol. The normalized spacial score (nSPS) is 10.2. The van der Waals surface area contributed by atoms with Crippen LogP contribution in [-0.2, 0) is 4.74 Å². The lowest BCUT2D eigenvalue weighted by Crippen LogP contribution is -2.21. The van der Waals surface area contributed by atoms with Gasteiger partial charge in [-0.2, -0.15) is 0 Å². The highest BCUT2D eigenvalue weighted by molar-refractivity contribution is 5.98. The number of hydrogen-bond donors (Lipinski definition) is 1. The summed E-state index contributed by atoms with van der Waals surface area (Å²) in [4.78, 5) is 18.1. The summed E-state index contributed by atoms with van der Waals surface area (Å²) in [6, 6.07) is 9.54. The number of para-hydroxylation sites is 1. The Bertz CT molecular complexity index is 656. The number of ether oxygens (including phenoxy) is 1. The molecule has 1 heterocycles. The molecule has 21 heavy (non-hydrogen) atoms. The fourth-order valence-corrected chi connectivity index (χ4v) is 2.27. The monoisotopic (exact) mass is 285 g/mol. The second-order valence-corrected chi connectivity index (χ2v) is 4.62. The van der Waals surface area contributed by atoms with E-state index in [-0.39, 0.29) is 0 Å². The standard InChI is InChI=1S/C16H19N3O2/c1-4-19(13-8-6-5-7-11(13)2)15-14(17)12(9-10-18-15)16(20)21-3/h5-10H,4,17H2,1-3H3. The minimum Gasteiger partial charge on any atom is -0.465 e. The van der Waals surface area contributed by atoms with Crippen LogP contribution in [0.5, 0.6) is 0 Å². The van der Waals surface area contributed by atoms with Crippen molar-refractivity contribution in [2.24, 2.45) is 0 Å². The van der Waals surface area contributed by atoms with E-state index in [2.05, 4.69) is 4.98 Å². The Morgan fingerprint density at radius 3 is 2.67 bits per heavy atom. The molecule has 0 atom stereocenters. The van der Waals surface area contributed by atoms with Gasteiger partial charge >= 0.3 is 5.97 Å². The molecular weight excluding hydrogens is 266 g/mol. The zero-order chi connectivity index (χ0) is 15.4. The van der Waals surface area contributed by atoms with Crippen LogP contribution in [0.15, 0.2) is 36.5 Å². The summed E-state index contributed by atoms with van der Waals surface area (Å²) in [7, 11) is 1.33. The molecule has 0 aliphatic rings. The van der Waals surface area contributed by atoms with E-state index in [0.29, 0.717) is 23.6 Å². The van der Waals surface area contributed by atoms with Gasteiger partial charge in [0.05, 0.1) is 18.4 Å². The minimum atomic E-state index is -0.461. The molecule has 0 aliphatic heterocycles. The molecule has 0 spiro atoms. The Kier molecular flexibility index (Phi) is 4.42. The molecule has 0 amide bonds. The van der Waals surface area contributed by atoms with Crippen LogP contribution < -0.4 is 10.6 Å². The van der Waals surface area contributed by atoms with Crippen molar-refractivity contribution in [2.45, 2.75) is 13.8 Å². The van der Waals surface area contributed by atoms with Crippen molar-refractivity contribution in [1.82, 2.24) is 4.98 Å². The van der Waals surface area contributed by atoms with Gasteiger partial charge in [0.1, 0.15) is 0 Å². The molecule has 110 valence electrons. The highest BCUT2D eigenvalue weighted by Crippen LogP contribution is 2.32. The average molecular weight is 285 g/mol. The van der Waals surface area contributed by atoms with Crippen molar-refractivity contribution < 1.29 is 9.53 Å². The van der Waals surface area contributed by atoms with Gasteiger partial charge in [0.15, 0.2) is 5.82 Å². The Labute approximate surface area is 124 Å². The van der Waals surface area contributed by atoms with E-state index in [0.717, 1.165) is 11.3 Å². The molecule has 2 N–H and O–H groups in total. The van der Waals surface area contributed by atoms with Crippen molar-refractivity contribution in [3.05, 3.63) is 47.7 Å². The molecule has 1 aromatic heterocycles.